The minimum absolute atomic E-state index is 0.0464. The van der Waals surface area contributed by atoms with Crippen molar-refractivity contribution in [2.45, 2.75) is 91.0 Å². The van der Waals surface area contributed by atoms with E-state index in [1.165, 1.54) is 49.8 Å². The maximum Gasteiger partial charge on any atom is 0.240 e. The molecule has 0 bridgehead atoms. The number of Topliss-reactive ketones (excluding diaryl/α,β-unsaturated/α-hetero) is 1. The van der Waals surface area contributed by atoms with Crippen molar-refractivity contribution in [3.05, 3.63) is 58.7 Å². The molecule has 0 spiro atoms. The van der Waals surface area contributed by atoms with E-state index >= 15 is 0 Å². The van der Waals surface area contributed by atoms with Gasteiger partial charge in [0, 0.05) is 41.9 Å². The molecular weight excluding hydrogens is 660 g/mol. The van der Waals surface area contributed by atoms with Crippen LogP contribution in [0.4, 0.5) is 0 Å². The first-order valence-electron chi connectivity index (χ1n) is 17.1. The number of rotatable bonds is 13. The Hall–Kier alpha value is -2.50. The Bertz CT molecular complexity index is 1070. The van der Waals surface area contributed by atoms with Gasteiger partial charge in [0.25, 0.3) is 0 Å². The topological polar surface area (TPSA) is 99.3 Å². The molecule has 11 heteroatoms. The molecule has 2 fully saturated rings. The van der Waals surface area contributed by atoms with Crippen LogP contribution in [-0.4, -0.2) is 117 Å². The van der Waals surface area contributed by atoms with Crippen molar-refractivity contribution < 1.29 is 23.9 Å². The Labute approximate surface area is 307 Å². The van der Waals surface area contributed by atoms with Gasteiger partial charge in [0.15, 0.2) is 0 Å². The summed E-state index contributed by atoms with van der Waals surface area (Å²) in [5, 5.41) is 4.15. The summed E-state index contributed by atoms with van der Waals surface area (Å²) in [6, 6.07) is 0.534. The first-order valence-corrected chi connectivity index (χ1v) is 18.4. The lowest BCUT2D eigenvalue weighted by Crippen LogP contribution is -2.50. The van der Waals surface area contributed by atoms with Crippen LogP contribution < -0.4 is 5.32 Å². The Kier molecular flexibility index (Phi) is 29.0. The Balaban J connectivity index is 0. The van der Waals surface area contributed by atoms with Gasteiger partial charge in [-0.05, 0) is 117 Å². The largest absolute Gasteiger partial charge is 0.499 e. The van der Waals surface area contributed by atoms with E-state index in [2.05, 4.69) is 68.2 Å². The fraction of sp³-hybridized carbons (Fsp3) is 0.632. The molecule has 3 rings (SSSR count). The Morgan fingerprint density at radius 2 is 1.82 bits per heavy atom. The molecule has 9 nitrogen and oxygen atoms in total. The number of thioether (sulfide) groups is 1. The van der Waals surface area contributed by atoms with E-state index in [1.807, 2.05) is 51.3 Å². The summed E-state index contributed by atoms with van der Waals surface area (Å²) in [6.07, 6.45) is 13.8. The van der Waals surface area contributed by atoms with E-state index in [-0.39, 0.29) is 24.3 Å². The second-order valence-corrected chi connectivity index (χ2v) is 14.3. The molecule has 0 aliphatic carbocycles. The first-order chi connectivity index (χ1) is 23.3. The lowest BCUT2D eigenvalue weighted by Gasteiger charge is -2.36. The highest BCUT2D eigenvalue weighted by Crippen LogP contribution is 2.30. The summed E-state index contributed by atoms with van der Waals surface area (Å²) in [6.45, 7) is 30.4. The number of carbonyl (C=O) groups is 4. The van der Waals surface area contributed by atoms with Crippen molar-refractivity contribution in [1.82, 2.24) is 20.0 Å². The summed E-state index contributed by atoms with van der Waals surface area (Å²) < 4.78 is 5.59. The third kappa shape index (κ3) is 21.4. The molecule has 49 heavy (non-hydrogen) atoms. The van der Waals surface area contributed by atoms with Crippen LogP contribution >= 0.6 is 23.4 Å². The van der Waals surface area contributed by atoms with E-state index in [0.29, 0.717) is 17.2 Å². The third-order valence-corrected chi connectivity index (χ3v) is 9.28. The number of allylic oxidation sites excluding steroid dienone is 5. The minimum Gasteiger partial charge on any atom is -0.499 e. The number of piperidine rings is 2. The first kappa shape index (κ1) is 48.6. The number of nitrogens with zero attached hydrogens (tertiary/aromatic N) is 3. The number of carbonyl (C=O) groups excluding carboxylic acids is 4. The molecule has 0 saturated carbocycles. The maximum atomic E-state index is 11.6. The standard InChI is InChI=1S/C16H32N2O.C11H13ClS.C9H16N2O2.2CH2O/c1-6-10-17(5)14(3)12-18-11-8-9-16(13-18)15(4)19-7-2;1-4-11-7-10(5-8(2)12)6-9(3)13-11;1-7(12)6-11-5-3-4-8(10-2)9(11)13;2*1-2/h14,16H,4,6-13H2,1-3,5H3;4-7,11H,1H2,2-3H3;8,10H,3-6H2,1-2H3;2*1H2/b;8-5+;;;/t;;8-;;/m..0../s1. The zero-order valence-corrected chi connectivity index (χ0v) is 33.2. The quantitative estimate of drug-likeness (QED) is 0.165. The average molecular weight is 725 g/mol. The lowest BCUT2D eigenvalue weighted by molar-refractivity contribution is -0.138. The Morgan fingerprint density at radius 3 is 2.35 bits per heavy atom. The van der Waals surface area contributed by atoms with Crippen LogP contribution in [0.15, 0.2) is 58.7 Å². The van der Waals surface area contributed by atoms with Crippen LogP contribution in [0, 0.1) is 5.92 Å². The van der Waals surface area contributed by atoms with Crippen molar-refractivity contribution in [3.63, 3.8) is 0 Å². The number of likely N-dealkylation sites (N-methyl/N-ethyl adjacent to an activating group) is 2. The second-order valence-electron chi connectivity index (χ2n) is 12.2. The van der Waals surface area contributed by atoms with Crippen LogP contribution in [0.25, 0.3) is 0 Å². The van der Waals surface area contributed by atoms with Gasteiger partial charge in [0.05, 0.1) is 25.0 Å². The van der Waals surface area contributed by atoms with E-state index in [0.717, 1.165) is 49.9 Å². The predicted molar refractivity (Wildman–Crippen MR) is 209 cm³/mol. The molecule has 3 aliphatic heterocycles. The minimum atomic E-state index is -0.0897. The summed E-state index contributed by atoms with van der Waals surface area (Å²) in [5.74, 6) is 1.62. The van der Waals surface area contributed by atoms with E-state index in [1.54, 1.807) is 11.9 Å². The summed E-state index contributed by atoms with van der Waals surface area (Å²) in [4.78, 5) is 46.4. The molecule has 2 saturated heterocycles. The molecule has 3 heterocycles. The molecule has 1 amide bonds. The van der Waals surface area contributed by atoms with Crippen molar-refractivity contribution in [2.75, 3.05) is 60.0 Å². The number of likely N-dealkylation sites (tertiary alicyclic amines) is 2. The van der Waals surface area contributed by atoms with Crippen LogP contribution in [0.2, 0.25) is 0 Å². The molecular formula is C38H65ClN4O5S. The summed E-state index contributed by atoms with van der Waals surface area (Å²) in [5.41, 5.74) is 1.17. The van der Waals surface area contributed by atoms with Gasteiger partial charge in [-0.2, -0.15) is 0 Å². The molecule has 4 atom stereocenters. The van der Waals surface area contributed by atoms with Crippen LogP contribution in [-0.2, 0) is 23.9 Å². The highest BCUT2D eigenvalue weighted by molar-refractivity contribution is 8.04. The highest BCUT2D eigenvalue weighted by atomic mass is 35.5. The van der Waals surface area contributed by atoms with Gasteiger partial charge < -0.3 is 34.3 Å². The van der Waals surface area contributed by atoms with Crippen molar-refractivity contribution in [1.29, 1.82) is 0 Å². The second kappa shape index (κ2) is 29.3. The molecule has 0 radical (unpaired) electrons. The van der Waals surface area contributed by atoms with Crippen molar-refractivity contribution in [3.8, 4) is 0 Å². The van der Waals surface area contributed by atoms with Gasteiger partial charge in [-0.25, -0.2) is 0 Å². The Morgan fingerprint density at radius 1 is 1.18 bits per heavy atom. The van der Waals surface area contributed by atoms with Gasteiger partial charge in [0.1, 0.15) is 19.4 Å². The molecule has 3 aliphatic rings. The van der Waals surface area contributed by atoms with Crippen molar-refractivity contribution >= 4 is 48.6 Å². The van der Waals surface area contributed by atoms with Crippen LogP contribution in [0.1, 0.15) is 73.6 Å². The zero-order chi connectivity index (χ0) is 37.9. The number of ether oxygens (including phenoxy) is 1. The van der Waals surface area contributed by atoms with Crippen LogP contribution in [0.5, 0.6) is 0 Å². The van der Waals surface area contributed by atoms with E-state index < -0.39 is 0 Å². The lowest BCUT2D eigenvalue weighted by atomic mass is 9.96. The van der Waals surface area contributed by atoms with Crippen molar-refractivity contribution in [2.24, 2.45) is 5.92 Å². The number of ketones is 1. The normalized spacial score (nSPS) is 21.3. The number of halogens is 1. The molecule has 0 aromatic rings. The summed E-state index contributed by atoms with van der Waals surface area (Å²) >= 11 is 7.62. The number of nitrogens with one attached hydrogen (secondary N) is 1. The third-order valence-electron chi connectivity index (χ3n) is 8.08. The fourth-order valence-corrected chi connectivity index (χ4v) is 6.78. The molecule has 280 valence electrons. The monoisotopic (exact) mass is 724 g/mol. The van der Waals surface area contributed by atoms with E-state index in [4.69, 9.17) is 25.9 Å². The highest BCUT2D eigenvalue weighted by Gasteiger charge is 2.27. The molecule has 1 N–H and O–H groups in total. The summed E-state index contributed by atoms with van der Waals surface area (Å²) in [7, 11) is 4.01. The van der Waals surface area contributed by atoms with E-state index in [9.17, 15) is 9.59 Å². The fourth-order valence-electron chi connectivity index (χ4n) is 5.70. The SMILES string of the molecule is C=C(OCC)C1CCCN(CC(C)N(C)CCC)C1.C=CC1C=C(/C=C(\C)Cl)C=C(C)S1.C=O.C=O.CN[C@H]1CCCN(CC(C)=O)C1=O. The number of amides is 1. The van der Waals surface area contributed by atoms with Gasteiger partial charge in [-0.15, -0.1) is 18.3 Å². The van der Waals surface area contributed by atoms with Gasteiger partial charge >= 0.3 is 0 Å². The maximum absolute atomic E-state index is 11.6. The van der Waals surface area contributed by atoms with Gasteiger partial charge in [0.2, 0.25) is 5.91 Å². The predicted octanol–water partition coefficient (Wildman–Crippen LogP) is 6.66. The molecule has 0 aromatic heterocycles. The zero-order valence-electron chi connectivity index (χ0n) is 31.6. The number of hydrogen-bond acceptors (Lipinski definition) is 9. The molecule has 0 aromatic carbocycles. The van der Waals surface area contributed by atoms with Gasteiger partial charge in [-0.1, -0.05) is 37.3 Å². The smallest absolute Gasteiger partial charge is 0.240 e. The van der Waals surface area contributed by atoms with Crippen LogP contribution in [0.3, 0.4) is 0 Å². The van der Waals surface area contributed by atoms with Gasteiger partial charge in [-0.3, -0.25) is 9.59 Å². The number of hydrogen-bond donors (Lipinski definition) is 1. The molecule has 3 unspecified atom stereocenters. The average Bonchev–Trinajstić information content (AvgIpc) is 3.07.